The van der Waals surface area contributed by atoms with Crippen molar-refractivity contribution < 1.29 is 22.7 Å². The van der Waals surface area contributed by atoms with Crippen LogP contribution in [-0.2, 0) is 19.6 Å². The van der Waals surface area contributed by atoms with Crippen molar-refractivity contribution in [1.29, 1.82) is 0 Å². The zero-order valence-electron chi connectivity index (χ0n) is 23.3. The van der Waals surface area contributed by atoms with E-state index in [4.69, 9.17) is 9.47 Å². The molecule has 0 aliphatic carbocycles. The highest BCUT2D eigenvalue weighted by Gasteiger charge is 2.34. The minimum absolute atomic E-state index is 0.206. The monoisotopic (exact) mass is 581 g/mol. The molecule has 41 heavy (non-hydrogen) atoms. The van der Waals surface area contributed by atoms with Gasteiger partial charge in [-0.15, -0.1) is 0 Å². The van der Waals surface area contributed by atoms with Crippen molar-refractivity contribution in [1.82, 2.24) is 14.1 Å². The Morgan fingerprint density at radius 1 is 0.976 bits per heavy atom. The third-order valence-corrected chi connectivity index (χ3v) is 9.48. The number of ether oxygens (including phenoxy) is 2. The zero-order chi connectivity index (χ0) is 29.0. The lowest BCUT2D eigenvalue weighted by Crippen LogP contribution is -2.50. The minimum atomic E-state index is -3.69. The quantitative estimate of drug-likeness (QED) is 0.370. The summed E-state index contributed by atoms with van der Waals surface area (Å²) >= 11 is 0. The largest absolute Gasteiger partial charge is 0.497 e. The number of anilines is 2. The van der Waals surface area contributed by atoms with Gasteiger partial charge in [-0.1, -0.05) is 18.2 Å². The smallest absolute Gasteiger partial charge is 0.310 e. The number of methoxy groups -OCH3 is 1. The Balaban J connectivity index is 1.44. The van der Waals surface area contributed by atoms with Gasteiger partial charge in [0.25, 0.3) is 5.56 Å². The molecule has 5 rings (SSSR count). The van der Waals surface area contributed by atoms with Crippen molar-refractivity contribution in [3.8, 4) is 11.4 Å². The normalized spacial score (nSPS) is 18.2. The average Bonchev–Trinajstić information content (AvgIpc) is 3.01. The fraction of sp³-hybridized carbons (Fsp3) is 0.414. The van der Waals surface area contributed by atoms with E-state index in [9.17, 15) is 18.0 Å². The van der Waals surface area contributed by atoms with Crippen molar-refractivity contribution in [2.24, 2.45) is 5.92 Å². The highest BCUT2D eigenvalue weighted by atomic mass is 32.2. The first-order valence-corrected chi connectivity index (χ1v) is 15.3. The fourth-order valence-corrected chi connectivity index (χ4v) is 6.84. The van der Waals surface area contributed by atoms with E-state index >= 15 is 0 Å². The number of piperazine rings is 1. The summed E-state index contributed by atoms with van der Waals surface area (Å²) in [5, 5.41) is 4.49. The molecule has 2 fully saturated rings. The van der Waals surface area contributed by atoms with Crippen LogP contribution in [0.2, 0.25) is 0 Å². The molecule has 12 heteroatoms. The van der Waals surface area contributed by atoms with Crippen molar-refractivity contribution in [3.05, 3.63) is 71.1 Å². The van der Waals surface area contributed by atoms with Gasteiger partial charge < -0.3 is 19.3 Å². The van der Waals surface area contributed by atoms with E-state index in [0.717, 1.165) is 6.42 Å². The maximum absolute atomic E-state index is 14.0. The number of hydrogen-bond acceptors (Lipinski definition) is 9. The summed E-state index contributed by atoms with van der Waals surface area (Å²) in [5.41, 5.74) is 1.45. The molecule has 3 aromatic rings. The second kappa shape index (κ2) is 12.3. The van der Waals surface area contributed by atoms with Crippen LogP contribution in [0.5, 0.6) is 5.75 Å². The number of sulfonamides is 1. The molecule has 3 heterocycles. The van der Waals surface area contributed by atoms with Gasteiger partial charge in [0, 0.05) is 39.3 Å². The standard InChI is InChI=1S/C29H35N5O6S/c1-3-40-29(36)22-8-7-15-32(21-22)27-26(20-30-34(28(27)35)23-9-5-4-6-10-23)31-16-18-33(19-17-31)41(37,38)25-13-11-24(39-2)12-14-25/h4-6,9-14,20,22H,3,7-8,15-19,21H2,1-2H3. The summed E-state index contributed by atoms with van der Waals surface area (Å²) in [6.45, 7) is 4.34. The lowest BCUT2D eigenvalue weighted by atomic mass is 9.97. The molecule has 11 nitrogen and oxygen atoms in total. The van der Waals surface area contributed by atoms with Gasteiger partial charge in [0.2, 0.25) is 10.0 Å². The van der Waals surface area contributed by atoms with Gasteiger partial charge in [0.1, 0.15) is 11.4 Å². The third kappa shape index (κ3) is 5.94. The zero-order valence-corrected chi connectivity index (χ0v) is 24.1. The number of piperidine rings is 1. The third-order valence-electron chi connectivity index (χ3n) is 7.57. The number of aromatic nitrogens is 2. The summed E-state index contributed by atoms with van der Waals surface area (Å²) in [4.78, 5) is 30.8. The van der Waals surface area contributed by atoms with Crippen LogP contribution in [0.1, 0.15) is 19.8 Å². The van der Waals surface area contributed by atoms with E-state index < -0.39 is 10.0 Å². The topological polar surface area (TPSA) is 114 Å². The second-order valence-corrected chi connectivity index (χ2v) is 12.0. The molecule has 1 aromatic heterocycles. The Bertz CT molecular complexity index is 1520. The van der Waals surface area contributed by atoms with Crippen LogP contribution in [0.4, 0.5) is 11.4 Å². The molecule has 0 amide bonds. The summed E-state index contributed by atoms with van der Waals surface area (Å²) in [5.74, 6) is -0.00346. The van der Waals surface area contributed by atoms with E-state index in [1.165, 1.54) is 16.1 Å². The number of carbonyl (C=O) groups is 1. The molecule has 1 atom stereocenters. The van der Waals surface area contributed by atoms with Crippen LogP contribution in [0.3, 0.4) is 0 Å². The molecule has 1 unspecified atom stereocenters. The number of para-hydroxylation sites is 1. The van der Waals surface area contributed by atoms with Crippen molar-refractivity contribution in [3.63, 3.8) is 0 Å². The Kier molecular flexibility index (Phi) is 8.60. The summed E-state index contributed by atoms with van der Waals surface area (Å²) in [7, 11) is -2.16. The Morgan fingerprint density at radius 3 is 2.34 bits per heavy atom. The molecule has 2 aliphatic rings. The lowest BCUT2D eigenvalue weighted by molar-refractivity contribution is -0.148. The van der Waals surface area contributed by atoms with Crippen LogP contribution in [0, 0.1) is 5.92 Å². The number of esters is 1. The molecule has 0 N–H and O–H groups in total. The first-order chi connectivity index (χ1) is 19.8. The molecule has 2 aromatic carbocycles. The number of rotatable bonds is 8. The van der Waals surface area contributed by atoms with Crippen molar-refractivity contribution in [2.75, 3.05) is 62.8 Å². The summed E-state index contributed by atoms with van der Waals surface area (Å²) in [6, 6.07) is 15.5. The molecule has 0 radical (unpaired) electrons. The number of carbonyl (C=O) groups excluding carboxylic acids is 1. The molecule has 0 spiro atoms. The number of benzene rings is 2. The summed E-state index contributed by atoms with van der Waals surface area (Å²) in [6.07, 6.45) is 3.11. The van der Waals surface area contributed by atoms with E-state index in [1.807, 2.05) is 40.1 Å². The fourth-order valence-electron chi connectivity index (χ4n) is 5.42. The molecular formula is C29H35N5O6S. The van der Waals surface area contributed by atoms with E-state index in [2.05, 4.69) is 5.10 Å². The number of hydrogen-bond donors (Lipinski definition) is 0. The van der Waals surface area contributed by atoms with E-state index in [1.54, 1.807) is 37.4 Å². The van der Waals surface area contributed by atoms with Crippen LogP contribution in [0.15, 0.2) is 70.5 Å². The molecule has 2 saturated heterocycles. The Labute approximate surface area is 239 Å². The maximum Gasteiger partial charge on any atom is 0.310 e. The van der Waals surface area contributed by atoms with E-state index in [-0.39, 0.29) is 35.4 Å². The first kappa shape index (κ1) is 28.6. The molecular weight excluding hydrogens is 546 g/mol. The van der Waals surface area contributed by atoms with Gasteiger partial charge >= 0.3 is 5.97 Å². The van der Waals surface area contributed by atoms with Crippen molar-refractivity contribution in [2.45, 2.75) is 24.7 Å². The van der Waals surface area contributed by atoms with Crippen LogP contribution < -0.4 is 20.1 Å². The molecule has 0 bridgehead atoms. The molecule has 218 valence electrons. The van der Waals surface area contributed by atoms with Gasteiger partial charge in [-0.2, -0.15) is 14.1 Å². The Morgan fingerprint density at radius 2 is 1.68 bits per heavy atom. The van der Waals surface area contributed by atoms with Gasteiger partial charge in [0.05, 0.1) is 42.1 Å². The maximum atomic E-state index is 14.0. The second-order valence-electron chi connectivity index (χ2n) is 10.0. The Hall–Kier alpha value is -3.90. The number of nitrogens with zero attached hydrogens (tertiary/aromatic N) is 5. The highest BCUT2D eigenvalue weighted by molar-refractivity contribution is 7.89. The highest BCUT2D eigenvalue weighted by Crippen LogP contribution is 2.31. The molecule has 2 aliphatic heterocycles. The van der Waals surface area contributed by atoms with Crippen LogP contribution in [-0.4, -0.2) is 81.5 Å². The SMILES string of the molecule is CCOC(=O)C1CCCN(c2c(N3CCN(S(=O)(=O)c4ccc(OC)cc4)CC3)cnn(-c3ccccc3)c2=O)C1. The van der Waals surface area contributed by atoms with Crippen LogP contribution in [0.25, 0.3) is 5.69 Å². The minimum Gasteiger partial charge on any atom is -0.497 e. The average molecular weight is 582 g/mol. The van der Waals surface area contributed by atoms with Crippen molar-refractivity contribution >= 4 is 27.4 Å². The predicted molar refractivity (Wildman–Crippen MR) is 155 cm³/mol. The van der Waals surface area contributed by atoms with E-state index in [0.29, 0.717) is 62.0 Å². The van der Waals surface area contributed by atoms with Gasteiger partial charge in [-0.25, -0.2) is 8.42 Å². The first-order valence-electron chi connectivity index (χ1n) is 13.8. The van der Waals surface area contributed by atoms with Crippen LogP contribution >= 0.6 is 0 Å². The van der Waals surface area contributed by atoms with Gasteiger partial charge in [0.15, 0.2) is 0 Å². The predicted octanol–water partition coefficient (Wildman–Crippen LogP) is 2.53. The van der Waals surface area contributed by atoms with Gasteiger partial charge in [-0.05, 0) is 56.2 Å². The lowest BCUT2D eigenvalue weighted by Gasteiger charge is -2.39. The molecule has 0 saturated carbocycles. The summed E-state index contributed by atoms with van der Waals surface area (Å²) < 4.78 is 39.9. The van der Waals surface area contributed by atoms with Gasteiger partial charge in [-0.3, -0.25) is 9.59 Å².